The minimum absolute atomic E-state index is 1.03. The average Bonchev–Trinajstić information content (AvgIpc) is 2.51. The third-order valence-corrected chi connectivity index (χ3v) is 2.30. The van der Waals surface area contributed by atoms with E-state index in [0.29, 0.717) is 0 Å². The van der Waals surface area contributed by atoms with Gasteiger partial charge in [0, 0.05) is 5.56 Å². The predicted octanol–water partition coefficient (Wildman–Crippen LogP) is 2.75. The molecule has 0 saturated carbocycles. The lowest BCUT2D eigenvalue weighted by atomic mass is 10.0. The van der Waals surface area contributed by atoms with Crippen LogP contribution in [-0.2, 0) is 0 Å². The molecule has 0 fully saturated rings. The lowest BCUT2D eigenvalue weighted by Gasteiger charge is -2.03. The summed E-state index contributed by atoms with van der Waals surface area (Å²) in [7, 11) is 0. The number of benzene rings is 1. The standard InChI is InChI=1S/C11H13N2/c1-3-5-9-11-8(2)6-4-7-10(11)13-12-9/h4,6-7H,3,5H2,1-2H3. The van der Waals surface area contributed by atoms with Gasteiger partial charge in [-0.1, -0.05) is 25.5 Å². The summed E-state index contributed by atoms with van der Waals surface area (Å²) >= 11 is 0. The van der Waals surface area contributed by atoms with E-state index < -0.39 is 0 Å². The number of hydrogen-bond donors (Lipinski definition) is 0. The first-order valence-corrected chi connectivity index (χ1v) is 4.70. The Hall–Kier alpha value is -1.31. The molecule has 67 valence electrons. The first-order chi connectivity index (χ1) is 6.33. The maximum absolute atomic E-state index is 4.20. The normalized spacial score (nSPS) is 13.5. The molecule has 0 N–H and O–H groups in total. The first kappa shape index (κ1) is 8.30. The topological polar surface area (TPSA) is 26.5 Å². The Balaban J connectivity index is 2.42. The number of nitrogens with zero attached hydrogens (tertiary/aromatic N) is 2. The molecule has 0 bridgehead atoms. The van der Waals surface area contributed by atoms with Crippen molar-refractivity contribution in [3.8, 4) is 0 Å². The average molecular weight is 173 g/mol. The highest BCUT2D eigenvalue weighted by Gasteiger charge is 2.17. The van der Waals surface area contributed by atoms with Crippen LogP contribution in [0.4, 0.5) is 5.69 Å². The van der Waals surface area contributed by atoms with Gasteiger partial charge in [-0.25, -0.2) is 0 Å². The molecule has 2 nitrogen and oxygen atoms in total. The maximum Gasteiger partial charge on any atom is 0.0950 e. The summed E-state index contributed by atoms with van der Waals surface area (Å²) in [4.78, 5) is 0. The fraction of sp³-hybridized carbons (Fsp3) is 0.364. The van der Waals surface area contributed by atoms with E-state index in [1.807, 2.05) is 12.1 Å². The molecule has 2 rings (SSSR count). The van der Waals surface area contributed by atoms with Crippen LogP contribution in [0.1, 0.15) is 30.9 Å². The first-order valence-electron chi connectivity index (χ1n) is 4.70. The SMILES string of the molecule is CCCC1=N[N]c2cccc(C)c21. The van der Waals surface area contributed by atoms with Crippen molar-refractivity contribution in [1.29, 1.82) is 0 Å². The smallest absolute Gasteiger partial charge is 0.0950 e. The molecule has 0 unspecified atom stereocenters. The predicted molar refractivity (Wildman–Crippen MR) is 54.4 cm³/mol. The van der Waals surface area contributed by atoms with E-state index >= 15 is 0 Å². The van der Waals surface area contributed by atoms with E-state index in [9.17, 15) is 0 Å². The molecule has 2 heteroatoms. The molecule has 1 radical (unpaired) electrons. The third kappa shape index (κ3) is 1.32. The molecule has 1 aromatic rings. The van der Waals surface area contributed by atoms with Gasteiger partial charge in [-0.2, -0.15) is 10.5 Å². The Bertz CT molecular complexity index is 353. The van der Waals surface area contributed by atoms with Crippen molar-refractivity contribution >= 4 is 11.4 Å². The maximum atomic E-state index is 4.20. The Labute approximate surface area is 78.7 Å². The zero-order valence-electron chi connectivity index (χ0n) is 8.04. The van der Waals surface area contributed by atoms with Crippen molar-refractivity contribution in [3.63, 3.8) is 0 Å². The van der Waals surface area contributed by atoms with Crippen LogP contribution in [0.15, 0.2) is 23.3 Å². The second-order valence-electron chi connectivity index (χ2n) is 3.37. The Kier molecular flexibility index (Phi) is 2.05. The molecule has 0 saturated heterocycles. The van der Waals surface area contributed by atoms with Gasteiger partial charge in [-0.05, 0) is 25.0 Å². The summed E-state index contributed by atoms with van der Waals surface area (Å²) in [5.41, 5.74) is 8.87. The Morgan fingerprint density at radius 1 is 1.31 bits per heavy atom. The van der Waals surface area contributed by atoms with Gasteiger partial charge in [0.2, 0.25) is 0 Å². The Morgan fingerprint density at radius 3 is 2.92 bits per heavy atom. The fourth-order valence-corrected chi connectivity index (χ4v) is 1.69. The zero-order chi connectivity index (χ0) is 9.26. The van der Waals surface area contributed by atoms with E-state index in [2.05, 4.69) is 30.4 Å². The van der Waals surface area contributed by atoms with Crippen molar-refractivity contribution in [2.45, 2.75) is 26.7 Å². The second-order valence-corrected chi connectivity index (χ2v) is 3.37. The lowest BCUT2D eigenvalue weighted by molar-refractivity contribution is 0.950. The van der Waals surface area contributed by atoms with Crippen LogP contribution in [0.5, 0.6) is 0 Å². The summed E-state index contributed by atoms with van der Waals surface area (Å²) in [6.45, 7) is 4.28. The molecule has 1 aliphatic rings. The van der Waals surface area contributed by atoms with Crippen LogP contribution >= 0.6 is 0 Å². The van der Waals surface area contributed by atoms with Crippen LogP contribution < -0.4 is 5.43 Å². The van der Waals surface area contributed by atoms with Crippen LogP contribution in [-0.4, -0.2) is 5.71 Å². The van der Waals surface area contributed by atoms with Gasteiger partial charge in [-0.3, -0.25) is 0 Å². The molecular formula is C11H13N2. The summed E-state index contributed by atoms with van der Waals surface area (Å²) < 4.78 is 0. The van der Waals surface area contributed by atoms with Crippen molar-refractivity contribution in [2.75, 3.05) is 0 Å². The van der Waals surface area contributed by atoms with E-state index in [1.54, 1.807) is 0 Å². The van der Waals surface area contributed by atoms with Gasteiger partial charge in [0.1, 0.15) is 0 Å². The molecule has 0 atom stereocenters. The van der Waals surface area contributed by atoms with Gasteiger partial charge in [0.25, 0.3) is 0 Å². The highest BCUT2D eigenvalue weighted by molar-refractivity contribution is 6.07. The molecule has 1 aliphatic heterocycles. The quantitative estimate of drug-likeness (QED) is 0.657. The van der Waals surface area contributed by atoms with E-state index in [-0.39, 0.29) is 0 Å². The monoisotopic (exact) mass is 173 g/mol. The minimum atomic E-state index is 1.03. The molecule has 0 aliphatic carbocycles. The number of rotatable bonds is 2. The largest absolute Gasteiger partial charge is 0.154 e. The summed E-state index contributed by atoms with van der Waals surface area (Å²) in [6, 6.07) is 6.17. The molecule has 0 spiro atoms. The van der Waals surface area contributed by atoms with Gasteiger partial charge in [0.15, 0.2) is 0 Å². The Morgan fingerprint density at radius 2 is 2.15 bits per heavy atom. The number of hydrogen-bond acceptors (Lipinski definition) is 1. The van der Waals surface area contributed by atoms with Crippen LogP contribution in [0.2, 0.25) is 0 Å². The van der Waals surface area contributed by atoms with Crippen LogP contribution in [0, 0.1) is 6.92 Å². The van der Waals surface area contributed by atoms with Crippen LogP contribution in [0.3, 0.4) is 0 Å². The van der Waals surface area contributed by atoms with E-state index in [0.717, 1.165) is 24.2 Å². The minimum Gasteiger partial charge on any atom is -0.154 e. The molecular weight excluding hydrogens is 160 g/mol. The van der Waals surface area contributed by atoms with Crippen molar-refractivity contribution < 1.29 is 0 Å². The van der Waals surface area contributed by atoms with E-state index in [4.69, 9.17) is 0 Å². The van der Waals surface area contributed by atoms with E-state index in [1.165, 1.54) is 11.1 Å². The molecule has 13 heavy (non-hydrogen) atoms. The highest BCUT2D eigenvalue weighted by atomic mass is 15.3. The number of aryl methyl sites for hydroxylation is 1. The highest BCUT2D eigenvalue weighted by Crippen LogP contribution is 2.26. The van der Waals surface area contributed by atoms with Gasteiger partial charge < -0.3 is 0 Å². The van der Waals surface area contributed by atoms with Crippen LogP contribution in [0.25, 0.3) is 0 Å². The van der Waals surface area contributed by atoms with Gasteiger partial charge >= 0.3 is 0 Å². The summed E-state index contributed by atoms with van der Waals surface area (Å²) in [5.74, 6) is 0. The second kappa shape index (κ2) is 3.21. The third-order valence-electron chi connectivity index (χ3n) is 2.30. The molecule has 0 aromatic heterocycles. The van der Waals surface area contributed by atoms with Gasteiger partial charge in [-0.15, -0.1) is 0 Å². The number of fused-ring (bicyclic) bond motifs is 1. The van der Waals surface area contributed by atoms with Gasteiger partial charge in [0.05, 0.1) is 11.4 Å². The van der Waals surface area contributed by atoms with Crippen molar-refractivity contribution in [3.05, 3.63) is 29.3 Å². The molecule has 1 heterocycles. The zero-order valence-corrected chi connectivity index (χ0v) is 8.04. The molecule has 1 aromatic carbocycles. The lowest BCUT2D eigenvalue weighted by Crippen LogP contribution is -1.98. The van der Waals surface area contributed by atoms with Crippen molar-refractivity contribution in [1.82, 2.24) is 5.43 Å². The van der Waals surface area contributed by atoms with Crippen molar-refractivity contribution in [2.24, 2.45) is 5.10 Å². The fourth-order valence-electron chi connectivity index (χ4n) is 1.69. The summed E-state index contributed by atoms with van der Waals surface area (Å²) in [5, 5.41) is 4.20. The molecule has 0 amide bonds. The summed E-state index contributed by atoms with van der Waals surface area (Å²) in [6.07, 6.45) is 2.16.